The molecule has 0 unspecified atom stereocenters. The fraction of sp³-hybridized carbons (Fsp3) is 0.348. The Bertz CT molecular complexity index is 1040. The third-order valence-corrected chi connectivity index (χ3v) is 6.42. The van der Waals surface area contributed by atoms with Crippen molar-refractivity contribution in [2.75, 3.05) is 19.6 Å². The molecule has 4 nitrogen and oxygen atoms in total. The van der Waals surface area contributed by atoms with E-state index in [1.807, 2.05) is 35.3 Å². The molecule has 0 N–H and O–H groups in total. The molecule has 0 aliphatic carbocycles. The summed E-state index contributed by atoms with van der Waals surface area (Å²) in [6.07, 6.45) is 4.48. The molecule has 2 aliphatic rings. The highest BCUT2D eigenvalue weighted by Gasteiger charge is 2.34. The minimum atomic E-state index is 0.150. The molecule has 28 heavy (non-hydrogen) atoms. The normalized spacial score (nSPS) is 17.9. The number of amides is 1. The van der Waals surface area contributed by atoms with Crippen LogP contribution in [0.25, 0.3) is 10.9 Å². The fourth-order valence-corrected chi connectivity index (χ4v) is 4.86. The SMILES string of the molecule is O=C1c2c(n(Cc3ccccc3Cl)c3ccccc23)CCN1N1CCCCC1. The Morgan fingerprint density at radius 3 is 2.46 bits per heavy atom. The van der Waals surface area contributed by atoms with Gasteiger partial charge in [-0.05, 0) is 30.5 Å². The Kier molecular flexibility index (Phi) is 4.61. The third kappa shape index (κ3) is 2.92. The minimum absolute atomic E-state index is 0.150. The number of hydrogen-bond acceptors (Lipinski definition) is 2. The molecule has 3 aromatic rings. The van der Waals surface area contributed by atoms with Gasteiger partial charge >= 0.3 is 0 Å². The molecule has 5 rings (SSSR count). The van der Waals surface area contributed by atoms with Gasteiger partial charge in [-0.15, -0.1) is 0 Å². The number of halogens is 1. The van der Waals surface area contributed by atoms with Crippen LogP contribution in [-0.2, 0) is 13.0 Å². The summed E-state index contributed by atoms with van der Waals surface area (Å²) in [7, 11) is 0. The summed E-state index contributed by atoms with van der Waals surface area (Å²) in [5.41, 5.74) is 4.21. The van der Waals surface area contributed by atoms with Crippen molar-refractivity contribution < 1.29 is 4.79 Å². The van der Waals surface area contributed by atoms with Crippen LogP contribution in [0.15, 0.2) is 48.5 Å². The monoisotopic (exact) mass is 393 g/mol. The lowest BCUT2D eigenvalue weighted by molar-refractivity contribution is -0.0236. The van der Waals surface area contributed by atoms with E-state index in [1.165, 1.54) is 19.3 Å². The van der Waals surface area contributed by atoms with Gasteiger partial charge in [-0.1, -0.05) is 54.4 Å². The maximum Gasteiger partial charge on any atom is 0.270 e. The first kappa shape index (κ1) is 17.8. The van der Waals surface area contributed by atoms with E-state index in [0.717, 1.165) is 58.8 Å². The molecule has 0 spiro atoms. The number of benzene rings is 2. The quantitative estimate of drug-likeness (QED) is 0.642. The molecule has 0 radical (unpaired) electrons. The highest BCUT2D eigenvalue weighted by molar-refractivity contribution is 6.31. The van der Waals surface area contributed by atoms with Gasteiger partial charge in [0.1, 0.15) is 0 Å². The first-order chi connectivity index (χ1) is 13.7. The van der Waals surface area contributed by atoms with Crippen LogP contribution in [-0.4, -0.2) is 40.1 Å². The second-order valence-electron chi connectivity index (χ2n) is 7.71. The summed E-state index contributed by atoms with van der Waals surface area (Å²) in [6, 6.07) is 16.2. The first-order valence-electron chi connectivity index (χ1n) is 10.1. The van der Waals surface area contributed by atoms with Gasteiger partial charge in [0.25, 0.3) is 5.91 Å². The maximum absolute atomic E-state index is 13.5. The molecule has 5 heteroatoms. The molecule has 1 saturated heterocycles. The van der Waals surface area contributed by atoms with E-state index in [4.69, 9.17) is 11.6 Å². The van der Waals surface area contributed by atoms with E-state index < -0.39 is 0 Å². The zero-order chi connectivity index (χ0) is 19.1. The number of fused-ring (bicyclic) bond motifs is 3. The first-order valence-corrected chi connectivity index (χ1v) is 10.5. The van der Waals surface area contributed by atoms with Gasteiger partial charge in [0.15, 0.2) is 0 Å². The number of nitrogens with zero attached hydrogens (tertiary/aromatic N) is 3. The van der Waals surface area contributed by atoms with Crippen molar-refractivity contribution in [3.63, 3.8) is 0 Å². The molecule has 1 fully saturated rings. The van der Waals surface area contributed by atoms with Crippen molar-refractivity contribution in [2.45, 2.75) is 32.2 Å². The number of carbonyl (C=O) groups is 1. The van der Waals surface area contributed by atoms with Crippen molar-refractivity contribution in [3.8, 4) is 0 Å². The lowest BCUT2D eigenvalue weighted by atomic mass is 10.0. The van der Waals surface area contributed by atoms with Gasteiger partial charge in [-0.2, -0.15) is 0 Å². The van der Waals surface area contributed by atoms with Crippen molar-refractivity contribution in [3.05, 3.63) is 70.4 Å². The topological polar surface area (TPSA) is 28.5 Å². The molecule has 3 heterocycles. The fourth-order valence-electron chi connectivity index (χ4n) is 4.66. The molecule has 0 saturated carbocycles. The van der Waals surface area contributed by atoms with Gasteiger partial charge in [0.2, 0.25) is 0 Å². The molecule has 2 aliphatic heterocycles. The second kappa shape index (κ2) is 7.26. The Hall–Kier alpha value is -2.30. The van der Waals surface area contributed by atoms with Crippen LogP contribution in [0.1, 0.15) is 40.9 Å². The summed E-state index contributed by atoms with van der Waals surface area (Å²) in [5.74, 6) is 0.150. The van der Waals surface area contributed by atoms with Crippen LogP contribution in [0.4, 0.5) is 0 Å². The Morgan fingerprint density at radius 1 is 0.893 bits per heavy atom. The number of para-hydroxylation sites is 1. The summed E-state index contributed by atoms with van der Waals surface area (Å²) in [5, 5.41) is 6.07. The average Bonchev–Trinajstić information content (AvgIpc) is 3.05. The lowest BCUT2D eigenvalue weighted by Gasteiger charge is -2.39. The zero-order valence-electron chi connectivity index (χ0n) is 15.9. The van der Waals surface area contributed by atoms with Crippen molar-refractivity contribution >= 4 is 28.4 Å². The molecule has 1 amide bonds. The van der Waals surface area contributed by atoms with Crippen molar-refractivity contribution in [1.29, 1.82) is 0 Å². The Morgan fingerprint density at radius 2 is 1.64 bits per heavy atom. The van der Waals surface area contributed by atoms with E-state index in [1.54, 1.807) is 0 Å². The molecule has 0 bridgehead atoms. The van der Waals surface area contributed by atoms with Gasteiger partial charge in [0, 0.05) is 54.2 Å². The van der Waals surface area contributed by atoms with Crippen LogP contribution in [0.2, 0.25) is 5.02 Å². The lowest BCUT2D eigenvalue weighted by Crippen LogP contribution is -2.51. The van der Waals surface area contributed by atoms with Crippen LogP contribution in [0, 0.1) is 0 Å². The molecule has 2 aromatic carbocycles. The van der Waals surface area contributed by atoms with E-state index >= 15 is 0 Å². The second-order valence-corrected chi connectivity index (χ2v) is 8.12. The van der Waals surface area contributed by atoms with Gasteiger partial charge < -0.3 is 4.57 Å². The van der Waals surface area contributed by atoms with Gasteiger partial charge in [-0.25, -0.2) is 5.01 Å². The summed E-state index contributed by atoms with van der Waals surface area (Å²) < 4.78 is 2.29. The predicted molar refractivity (Wildman–Crippen MR) is 113 cm³/mol. The number of aromatic nitrogens is 1. The number of rotatable bonds is 3. The van der Waals surface area contributed by atoms with Crippen molar-refractivity contribution in [1.82, 2.24) is 14.6 Å². The molecular weight excluding hydrogens is 370 g/mol. The highest BCUT2D eigenvalue weighted by Crippen LogP contribution is 2.33. The predicted octanol–water partition coefficient (Wildman–Crippen LogP) is 4.74. The third-order valence-electron chi connectivity index (χ3n) is 6.05. The summed E-state index contributed by atoms with van der Waals surface area (Å²) in [6.45, 7) is 3.41. The Labute approximate surface area is 170 Å². The number of hydrazine groups is 1. The molecule has 0 atom stereocenters. The highest BCUT2D eigenvalue weighted by atomic mass is 35.5. The van der Waals surface area contributed by atoms with Crippen LogP contribution in [0.5, 0.6) is 0 Å². The summed E-state index contributed by atoms with van der Waals surface area (Å²) >= 11 is 6.43. The standard InChI is InChI=1S/C23H24ClN3O/c24-19-10-4-2-8-17(19)16-26-20-11-5-3-9-18(20)22-21(26)12-15-27(23(22)28)25-13-6-1-7-14-25/h2-5,8-11H,1,6-7,12-16H2. The average molecular weight is 394 g/mol. The van der Waals surface area contributed by atoms with Crippen LogP contribution < -0.4 is 0 Å². The molecule has 144 valence electrons. The van der Waals surface area contributed by atoms with Crippen molar-refractivity contribution in [2.24, 2.45) is 0 Å². The van der Waals surface area contributed by atoms with Gasteiger partial charge in [-0.3, -0.25) is 9.80 Å². The van der Waals surface area contributed by atoms with E-state index in [2.05, 4.69) is 27.8 Å². The largest absolute Gasteiger partial charge is 0.339 e. The maximum atomic E-state index is 13.5. The minimum Gasteiger partial charge on any atom is -0.339 e. The van der Waals surface area contributed by atoms with E-state index in [9.17, 15) is 4.79 Å². The smallest absolute Gasteiger partial charge is 0.270 e. The van der Waals surface area contributed by atoms with Crippen LogP contribution in [0.3, 0.4) is 0 Å². The molecular formula is C23H24ClN3O. The van der Waals surface area contributed by atoms with E-state index in [0.29, 0.717) is 6.54 Å². The number of hydrogen-bond donors (Lipinski definition) is 0. The number of carbonyl (C=O) groups excluding carboxylic acids is 1. The summed E-state index contributed by atoms with van der Waals surface area (Å²) in [4.78, 5) is 13.5. The number of piperidine rings is 1. The van der Waals surface area contributed by atoms with Gasteiger partial charge in [0.05, 0.1) is 5.56 Å². The Balaban J connectivity index is 1.59. The van der Waals surface area contributed by atoms with Crippen LogP contribution >= 0.6 is 11.6 Å². The van der Waals surface area contributed by atoms with E-state index in [-0.39, 0.29) is 5.91 Å². The zero-order valence-corrected chi connectivity index (χ0v) is 16.7. The molecule has 1 aromatic heterocycles.